The summed E-state index contributed by atoms with van der Waals surface area (Å²) in [5.74, 6) is -3.37. The van der Waals surface area contributed by atoms with E-state index in [-0.39, 0.29) is 22.8 Å². The number of hydrogen-bond donors (Lipinski definition) is 5. The van der Waals surface area contributed by atoms with Gasteiger partial charge in [-0.25, -0.2) is 9.79 Å². The van der Waals surface area contributed by atoms with E-state index in [4.69, 9.17) is 28.5 Å². The van der Waals surface area contributed by atoms with Crippen molar-refractivity contribution in [3.8, 4) is 0 Å². The summed E-state index contributed by atoms with van der Waals surface area (Å²) in [7, 11) is 0. The van der Waals surface area contributed by atoms with Crippen LogP contribution in [0, 0.1) is 0 Å². The lowest BCUT2D eigenvalue weighted by atomic mass is 9.80. The first-order valence-corrected chi connectivity index (χ1v) is 14.4. The van der Waals surface area contributed by atoms with E-state index in [1.54, 1.807) is 0 Å². The van der Waals surface area contributed by atoms with Crippen molar-refractivity contribution >= 4 is 46.7 Å². The first-order chi connectivity index (χ1) is 21.7. The van der Waals surface area contributed by atoms with Crippen LogP contribution in [0.4, 0.5) is 0 Å². The van der Waals surface area contributed by atoms with E-state index in [1.807, 2.05) is 91.0 Å². The fourth-order valence-electron chi connectivity index (χ4n) is 5.67. The van der Waals surface area contributed by atoms with E-state index in [1.165, 1.54) is 0 Å². The molecule has 13 heteroatoms. The van der Waals surface area contributed by atoms with Crippen LogP contribution in [0.25, 0.3) is 0 Å². The summed E-state index contributed by atoms with van der Waals surface area (Å²) in [5.41, 5.74) is 11.9. The standard InChI is InChI=1S/C32H30N6O6S/c33-27(36-31(34)45)25(28(40)35-24-23-17-16-19(18-39)26(30(42)43)38(23)29(24)41)37-44-32(20-10-4-1-5-11-20,21-12-6-2-7-13-21)22-14-8-3-9-15-22/h1-15,23-24,39H,16-18H2,(H,35,40)(H,42,43)(H4,33,34,36,45)/b37-25+. The third-order valence-electron chi connectivity index (χ3n) is 7.72. The summed E-state index contributed by atoms with van der Waals surface area (Å²) in [6.45, 7) is -0.499. The number of carboxylic acids is 1. The van der Waals surface area contributed by atoms with Gasteiger partial charge in [0.15, 0.2) is 10.9 Å². The number of aliphatic carboxylic acids is 1. The Morgan fingerprint density at radius 3 is 1.91 bits per heavy atom. The van der Waals surface area contributed by atoms with E-state index in [0.717, 1.165) is 4.90 Å². The highest BCUT2D eigenvalue weighted by atomic mass is 32.1. The number of thiocarbonyl (C=S) groups is 1. The predicted molar refractivity (Wildman–Crippen MR) is 170 cm³/mol. The van der Waals surface area contributed by atoms with Gasteiger partial charge in [-0.2, -0.15) is 0 Å². The number of rotatable bonds is 10. The van der Waals surface area contributed by atoms with Crippen LogP contribution in [0.1, 0.15) is 29.5 Å². The number of carboxylic acid groups (broad SMARTS) is 1. The molecule has 0 saturated carbocycles. The molecule has 0 spiro atoms. The number of amidine groups is 1. The molecule has 1 fully saturated rings. The third kappa shape index (κ3) is 5.90. The maximum Gasteiger partial charge on any atom is 0.352 e. The monoisotopic (exact) mass is 626 g/mol. The van der Waals surface area contributed by atoms with E-state index >= 15 is 0 Å². The highest BCUT2D eigenvalue weighted by molar-refractivity contribution is 7.80. The molecule has 3 aromatic rings. The van der Waals surface area contributed by atoms with Crippen molar-refractivity contribution < 1.29 is 29.4 Å². The predicted octanol–water partition coefficient (Wildman–Crippen LogP) is 1.77. The molecule has 0 radical (unpaired) electrons. The van der Waals surface area contributed by atoms with Crippen LogP contribution in [0.2, 0.25) is 0 Å². The highest BCUT2D eigenvalue weighted by Gasteiger charge is 2.53. The fourth-order valence-corrected chi connectivity index (χ4v) is 5.77. The molecule has 230 valence electrons. The fraction of sp³-hybridized carbons (Fsp3) is 0.188. The number of benzene rings is 3. The second-order valence-corrected chi connectivity index (χ2v) is 10.7. The lowest BCUT2D eigenvalue weighted by Gasteiger charge is -2.50. The molecule has 2 aliphatic rings. The van der Waals surface area contributed by atoms with Gasteiger partial charge in [0.1, 0.15) is 11.7 Å². The lowest BCUT2D eigenvalue weighted by Crippen LogP contribution is -2.72. The van der Waals surface area contributed by atoms with Gasteiger partial charge in [0.25, 0.3) is 11.8 Å². The Morgan fingerprint density at radius 2 is 1.47 bits per heavy atom. The normalized spacial score (nSPS) is 18.5. The minimum atomic E-state index is -1.37. The number of β-lactam (4-membered cyclic amide) rings is 1. The zero-order chi connectivity index (χ0) is 32.1. The van der Waals surface area contributed by atoms with Gasteiger partial charge in [0.05, 0.1) is 12.6 Å². The van der Waals surface area contributed by atoms with Gasteiger partial charge in [0.2, 0.25) is 11.3 Å². The number of carbonyl (C=O) groups excluding carboxylic acids is 2. The summed E-state index contributed by atoms with van der Waals surface area (Å²) in [6, 6.07) is 26.1. The topological polar surface area (TPSA) is 193 Å². The van der Waals surface area contributed by atoms with Crippen LogP contribution in [-0.2, 0) is 24.8 Å². The van der Waals surface area contributed by atoms with Crippen LogP contribution in [-0.4, -0.2) is 68.2 Å². The Bertz CT molecular complexity index is 1610. The molecule has 3 aromatic carbocycles. The molecule has 5 rings (SSSR count). The highest BCUT2D eigenvalue weighted by Crippen LogP contribution is 2.41. The number of amides is 2. The number of aliphatic imine (C=N–C) groups is 1. The Hall–Kier alpha value is -5.40. The Balaban J connectivity index is 1.56. The molecule has 45 heavy (non-hydrogen) atoms. The van der Waals surface area contributed by atoms with Crippen molar-refractivity contribution in [2.24, 2.45) is 21.6 Å². The number of nitrogens with one attached hydrogen (secondary N) is 1. The molecule has 2 heterocycles. The minimum absolute atomic E-state index is 0.236. The van der Waals surface area contributed by atoms with Crippen molar-refractivity contribution in [2.75, 3.05) is 6.61 Å². The first kappa shape index (κ1) is 31.0. The molecular formula is C32H30N6O6S. The summed E-state index contributed by atoms with van der Waals surface area (Å²) in [6.07, 6.45) is 0.559. The van der Waals surface area contributed by atoms with Crippen LogP contribution >= 0.6 is 12.2 Å². The summed E-state index contributed by atoms with van der Waals surface area (Å²) >= 11 is 4.88. The van der Waals surface area contributed by atoms with Crippen LogP contribution in [0.15, 0.2) is 112 Å². The summed E-state index contributed by atoms with van der Waals surface area (Å²) in [4.78, 5) is 50.0. The van der Waals surface area contributed by atoms with Crippen molar-refractivity contribution in [1.29, 1.82) is 0 Å². The van der Waals surface area contributed by atoms with Crippen molar-refractivity contribution in [1.82, 2.24) is 10.2 Å². The summed E-state index contributed by atoms with van der Waals surface area (Å²) in [5, 5.41) is 25.8. The van der Waals surface area contributed by atoms with Gasteiger partial charge in [-0.05, 0) is 30.6 Å². The molecule has 2 aliphatic heterocycles. The second-order valence-electron chi connectivity index (χ2n) is 10.3. The Morgan fingerprint density at radius 1 is 0.956 bits per heavy atom. The van der Waals surface area contributed by atoms with Gasteiger partial charge in [-0.3, -0.25) is 14.5 Å². The smallest absolute Gasteiger partial charge is 0.352 e. The SMILES string of the molecule is NC(=S)/N=C(N)/C(=N\OC(c1ccccc1)(c1ccccc1)c1ccccc1)C(=O)NC1C(=O)N2C(C(=O)O)=C(CO)CCC12. The van der Waals surface area contributed by atoms with Gasteiger partial charge in [-0.15, -0.1) is 0 Å². The third-order valence-corrected chi connectivity index (χ3v) is 7.81. The van der Waals surface area contributed by atoms with Gasteiger partial charge in [0, 0.05) is 16.7 Å². The van der Waals surface area contributed by atoms with Crippen molar-refractivity contribution in [2.45, 2.75) is 30.5 Å². The molecule has 0 aliphatic carbocycles. The van der Waals surface area contributed by atoms with Gasteiger partial charge in [-0.1, -0.05) is 96.2 Å². The number of fused-ring (bicyclic) bond motifs is 1. The first-order valence-electron chi connectivity index (χ1n) is 14.0. The van der Waals surface area contributed by atoms with E-state index in [0.29, 0.717) is 23.1 Å². The van der Waals surface area contributed by atoms with Crippen LogP contribution in [0.5, 0.6) is 0 Å². The molecule has 12 nitrogen and oxygen atoms in total. The van der Waals surface area contributed by atoms with E-state index in [9.17, 15) is 24.6 Å². The average Bonchev–Trinajstić information content (AvgIpc) is 3.05. The number of carbonyl (C=O) groups is 3. The maximum absolute atomic E-state index is 13.7. The average molecular weight is 627 g/mol. The molecular weight excluding hydrogens is 596 g/mol. The van der Waals surface area contributed by atoms with Gasteiger partial charge < -0.3 is 31.8 Å². The molecule has 2 amide bonds. The minimum Gasteiger partial charge on any atom is -0.477 e. The molecule has 0 aromatic heterocycles. The number of nitrogens with zero attached hydrogens (tertiary/aromatic N) is 3. The molecule has 2 unspecified atom stereocenters. The van der Waals surface area contributed by atoms with Gasteiger partial charge >= 0.3 is 5.97 Å². The maximum atomic E-state index is 13.7. The molecule has 2 atom stereocenters. The summed E-state index contributed by atoms with van der Waals surface area (Å²) < 4.78 is 0. The second kappa shape index (κ2) is 13.1. The Labute approximate surface area is 263 Å². The lowest BCUT2D eigenvalue weighted by molar-refractivity contribution is -0.155. The van der Waals surface area contributed by atoms with Crippen LogP contribution in [0.3, 0.4) is 0 Å². The number of hydrogen-bond acceptors (Lipinski definition) is 7. The zero-order valence-electron chi connectivity index (χ0n) is 23.9. The largest absolute Gasteiger partial charge is 0.477 e. The van der Waals surface area contributed by atoms with E-state index in [2.05, 4.69) is 15.5 Å². The molecule has 1 saturated heterocycles. The zero-order valence-corrected chi connectivity index (χ0v) is 24.7. The number of nitrogens with two attached hydrogens (primary N) is 2. The van der Waals surface area contributed by atoms with E-state index < -0.39 is 53.6 Å². The number of oxime groups is 1. The number of aliphatic hydroxyl groups is 1. The quantitative estimate of drug-likeness (QED) is 0.0557. The Kier molecular flexibility index (Phi) is 9.02. The van der Waals surface area contributed by atoms with Crippen molar-refractivity contribution in [3.05, 3.63) is 119 Å². The molecule has 0 bridgehead atoms. The number of aliphatic hydroxyl groups excluding tert-OH is 1. The van der Waals surface area contributed by atoms with Crippen LogP contribution < -0.4 is 16.8 Å². The molecule has 7 N–H and O–H groups in total. The van der Waals surface area contributed by atoms with Crippen molar-refractivity contribution in [3.63, 3.8) is 0 Å².